The first kappa shape index (κ1) is 19.6. The highest BCUT2D eigenvalue weighted by Crippen LogP contribution is 2.25. The molecule has 5 rings (SSSR count). The SMILES string of the molecule is C(=C1/CCCN=C1c1cccnc1)/c1cccc(N2CCN(c3ccccc3)CC2)c1. The highest BCUT2D eigenvalue weighted by atomic mass is 15.3. The maximum absolute atomic E-state index is 4.82. The van der Waals surface area contributed by atoms with Gasteiger partial charge in [0.2, 0.25) is 0 Å². The monoisotopic (exact) mass is 408 g/mol. The van der Waals surface area contributed by atoms with Crippen LogP contribution in [0.15, 0.2) is 89.7 Å². The molecule has 2 aromatic carbocycles. The van der Waals surface area contributed by atoms with Crippen LogP contribution >= 0.6 is 0 Å². The Kier molecular flexibility index (Phi) is 5.79. The van der Waals surface area contributed by atoms with E-state index < -0.39 is 0 Å². The minimum absolute atomic E-state index is 0.896. The van der Waals surface area contributed by atoms with Crippen LogP contribution in [0.4, 0.5) is 11.4 Å². The first-order valence-electron chi connectivity index (χ1n) is 11.2. The van der Waals surface area contributed by atoms with Gasteiger partial charge in [0.25, 0.3) is 0 Å². The van der Waals surface area contributed by atoms with E-state index in [4.69, 9.17) is 4.99 Å². The second-order valence-electron chi connectivity index (χ2n) is 8.15. The number of pyridine rings is 1. The molecule has 3 aromatic rings. The number of piperazine rings is 1. The number of allylic oxidation sites excluding steroid dienone is 1. The normalized spacial score (nSPS) is 18.2. The van der Waals surface area contributed by atoms with Gasteiger partial charge in [0, 0.05) is 62.1 Å². The minimum Gasteiger partial charge on any atom is -0.368 e. The Labute approximate surface area is 184 Å². The zero-order chi connectivity index (χ0) is 20.9. The first-order chi connectivity index (χ1) is 15.4. The van der Waals surface area contributed by atoms with Crippen molar-refractivity contribution in [2.24, 2.45) is 4.99 Å². The molecule has 3 heterocycles. The lowest BCUT2D eigenvalue weighted by Gasteiger charge is -2.37. The maximum Gasteiger partial charge on any atom is 0.0694 e. The molecular formula is C27H28N4. The Morgan fingerprint density at radius 1 is 0.774 bits per heavy atom. The highest BCUT2D eigenvalue weighted by Gasteiger charge is 2.18. The van der Waals surface area contributed by atoms with Crippen molar-refractivity contribution in [2.75, 3.05) is 42.5 Å². The van der Waals surface area contributed by atoms with E-state index in [0.29, 0.717) is 0 Å². The van der Waals surface area contributed by atoms with Crippen molar-refractivity contribution in [1.29, 1.82) is 0 Å². The molecule has 0 radical (unpaired) electrons. The van der Waals surface area contributed by atoms with Crippen molar-refractivity contribution in [3.63, 3.8) is 0 Å². The van der Waals surface area contributed by atoms with Crippen LogP contribution in [0.25, 0.3) is 6.08 Å². The Morgan fingerprint density at radius 3 is 2.32 bits per heavy atom. The number of aliphatic imine (C=N–C) groups is 1. The van der Waals surface area contributed by atoms with Gasteiger partial charge in [-0.25, -0.2) is 0 Å². The number of hydrogen-bond acceptors (Lipinski definition) is 4. The topological polar surface area (TPSA) is 31.7 Å². The zero-order valence-corrected chi connectivity index (χ0v) is 17.8. The number of hydrogen-bond donors (Lipinski definition) is 0. The average molecular weight is 409 g/mol. The minimum atomic E-state index is 0.896. The van der Waals surface area contributed by atoms with E-state index in [2.05, 4.69) is 81.5 Å². The second kappa shape index (κ2) is 9.17. The number of anilines is 2. The maximum atomic E-state index is 4.82. The Bertz CT molecular complexity index is 1060. The molecule has 31 heavy (non-hydrogen) atoms. The van der Waals surface area contributed by atoms with Crippen molar-refractivity contribution >= 4 is 23.2 Å². The van der Waals surface area contributed by atoms with Crippen molar-refractivity contribution in [2.45, 2.75) is 12.8 Å². The molecule has 0 aliphatic carbocycles. The molecule has 1 aromatic heterocycles. The number of benzene rings is 2. The largest absolute Gasteiger partial charge is 0.368 e. The third-order valence-corrected chi connectivity index (χ3v) is 6.09. The van der Waals surface area contributed by atoms with Gasteiger partial charge in [-0.1, -0.05) is 30.3 Å². The fourth-order valence-corrected chi connectivity index (χ4v) is 4.47. The van der Waals surface area contributed by atoms with Gasteiger partial charge in [0.15, 0.2) is 0 Å². The summed E-state index contributed by atoms with van der Waals surface area (Å²) in [6.07, 6.45) is 8.22. The van der Waals surface area contributed by atoms with Crippen molar-refractivity contribution < 1.29 is 0 Å². The molecule has 2 aliphatic rings. The summed E-state index contributed by atoms with van der Waals surface area (Å²) in [6.45, 7) is 5.07. The third kappa shape index (κ3) is 4.53. The molecule has 4 heteroatoms. The van der Waals surface area contributed by atoms with Crippen LogP contribution < -0.4 is 9.80 Å². The molecule has 4 nitrogen and oxygen atoms in total. The Morgan fingerprint density at radius 2 is 1.55 bits per heavy atom. The van der Waals surface area contributed by atoms with Gasteiger partial charge in [-0.3, -0.25) is 9.98 Å². The zero-order valence-electron chi connectivity index (χ0n) is 17.8. The van der Waals surface area contributed by atoms with Gasteiger partial charge in [0.05, 0.1) is 5.71 Å². The van der Waals surface area contributed by atoms with Crippen molar-refractivity contribution in [1.82, 2.24) is 4.98 Å². The fourth-order valence-electron chi connectivity index (χ4n) is 4.47. The van der Waals surface area contributed by atoms with Crippen LogP contribution in [0.5, 0.6) is 0 Å². The van der Waals surface area contributed by atoms with Gasteiger partial charge in [0.1, 0.15) is 0 Å². The average Bonchev–Trinajstić information content (AvgIpc) is 2.86. The molecule has 0 saturated carbocycles. The molecule has 0 amide bonds. The summed E-state index contributed by atoms with van der Waals surface area (Å²) >= 11 is 0. The lowest BCUT2D eigenvalue weighted by molar-refractivity contribution is 0.653. The molecule has 0 unspecified atom stereocenters. The van der Waals surface area contributed by atoms with Gasteiger partial charge >= 0.3 is 0 Å². The van der Waals surface area contributed by atoms with Crippen LogP contribution in [-0.4, -0.2) is 43.4 Å². The molecule has 0 bridgehead atoms. The Balaban J connectivity index is 1.33. The molecule has 1 fully saturated rings. The molecular weight excluding hydrogens is 380 g/mol. The second-order valence-corrected chi connectivity index (χ2v) is 8.15. The van der Waals surface area contributed by atoms with Gasteiger partial charge in [-0.2, -0.15) is 0 Å². The lowest BCUT2D eigenvalue weighted by Crippen LogP contribution is -2.46. The van der Waals surface area contributed by atoms with E-state index in [1.165, 1.54) is 22.5 Å². The van der Waals surface area contributed by atoms with E-state index in [1.807, 2.05) is 18.5 Å². The number of nitrogens with zero attached hydrogens (tertiary/aromatic N) is 4. The summed E-state index contributed by atoms with van der Waals surface area (Å²) in [6, 6.07) is 23.7. The summed E-state index contributed by atoms with van der Waals surface area (Å²) in [5.41, 5.74) is 7.39. The van der Waals surface area contributed by atoms with Crippen LogP contribution in [0.3, 0.4) is 0 Å². The van der Waals surface area contributed by atoms with Crippen LogP contribution in [0.1, 0.15) is 24.0 Å². The predicted octanol–water partition coefficient (Wildman–Crippen LogP) is 5.07. The fraction of sp³-hybridized carbons (Fsp3) is 0.259. The summed E-state index contributed by atoms with van der Waals surface area (Å²) in [7, 11) is 0. The van der Waals surface area contributed by atoms with E-state index in [1.54, 1.807) is 0 Å². The molecule has 0 spiro atoms. The summed E-state index contributed by atoms with van der Waals surface area (Å²) in [4.78, 5) is 14.1. The van der Waals surface area contributed by atoms with E-state index in [0.717, 1.165) is 56.8 Å². The smallest absolute Gasteiger partial charge is 0.0694 e. The predicted molar refractivity (Wildman–Crippen MR) is 130 cm³/mol. The third-order valence-electron chi connectivity index (χ3n) is 6.09. The molecule has 0 N–H and O–H groups in total. The molecule has 2 aliphatic heterocycles. The van der Waals surface area contributed by atoms with Crippen LogP contribution in [0.2, 0.25) is 0 Å². The van der Waals surface area contributed by atoms with Crippen molar-refractivity contribution in [3.05, 3.63) is 95.8 Å². The molecule has 0 atom stereocenters. The lowest BCUT2D eigenvalue weighted by atomic mass is 9.95. The number of rotatable bonds is 4. The van der Waals surface area contributed by atoms with E-state index in [-0.39, 0.29) is 0 Å². The number of aromatic nitrogens is 1. The number of para-hydroxylation sites is 1. The quantitative estimate of drug-likeness (QED) is 0.604. The van der Waals surface area contributed by atoms with Crippen LogP contribution in [0, 0.1) is 0 Å². The standard InChI is InChI=1S/C27H28N4/c1-2-10-25(11-3-1)30-15-17-31(18-16-30)26-12-4-7-22(20-26)19-23-8-6-14-29-27(23)24-9-5-13-28-21-24/h1-5,7,9-13,19-21H,6,8,14-18H2/b23-19+. The highest BCUT2D eigenvalue weighted by molar-refractivity contribution is 6.15. The summed E-state index contributed by atoms with van der Waals surface area (Å²) in [5.74, 6) is 0. The Hall–Kier alpha value is -3.40. The van der Waals surface area contributed by atoms with Crippen LogP contribution in [-0.2, 0) is 0 Å². The van der Waals surface area contributed by atoms with Gasteiger partial charge in [-0.15, -0.1) is 0 Å². The van der Waals surface area contributed by atoms with Gasteiger partial charge < -0.3 is 9.80 Å². The van der Waals surface area contributed by atoms with Gasteiger partial charge in [-0.05, 0) is 66.5 Å². The molecule has 1 saturated heterocycles. The summed E-state index contributed by atoms with van der Waals surface area (Å²) < 4.78 is 0. The summed E-state index contributed by atoms with van der Waals surface area (Å²) in [5, 5.41) is 0. The van der Waals surface area contributed by atoms with E-state index >= 15 is 0 Å². The molecule has 156 valence electrons. The van der Waals surface area contributed by atoms with E-state index in [9.17, 15) is 0 Å². The first-order valence-corrected chi connectivity index (χ1v) is 11.2. The van der Waals surface area contributed by atoms with Crippen molar-refractivity contribution in [3.8, 4) is 0 Å².